The number of aliphatic carboxylic acids is 1. The summed E-state index contributed by atoms with van der Waals surface area (Å²) in [7, 11) is -3.69. The first-order valence-electron chi connectivity index (χ1n) is 6.59. The smallest absolute Gasteiger partial charge is 0.308 e. The van der Waals surface area contributed by atoms with E-state index in [1.807, 2.05) is 24.3 Å². The van der Waals surface area contributed by atoms with E-state index in [2.05, 4.69) is 4.72 Å². The lowest BCUT2D eigenvalue weighted by molar-refractivity contribution is -0.142. The van der Waals surface area contributed by atoms with Gasteiger partial charge >= 0.3 is 5.97 Å². The summed E-state index contributed by atoms with van der Waals surface area (Å²) in [6, 6.07) is 9.07. The van der Waals surface area contributed by atoms with E-state index in [-0.39, 0.29) is 4.21 Å². The molecule has 1 aliphatic rings. The minimum Gasteiger partial charge on any atom is -0.481 e. The van der Waals surface area contributed by atoms with Crippen molar-refractivity contribution in [2.75, 3.05) is 0 Å². The van der Waals surface area contributed by atoms with Crippen molar-refractivity contribution in [1.82, 2.24) is 4.72 Å². The molecule has 0 aliphatic heterocycles. The molecule has 0 bridgehead atoms. The summed E-state index contributed by atoms with van der Waals surface area (Å²) in [6.07, 6.45) is 1.12. The van der Waals surface area contributed by atoms with E-state index in [0.29, 0.717) is 12.8 Å². The monoisotopic (exact) mass is 325 g/mol. The third-order valence-electron chi connectivity index (χ3n) is 3.99. The van der Waals surface area contributed by atoms with Crippen molar-refractivity contribution in [3.05, 3.63) is 30.3 Å². The zero-order valence-electron chi connectivity index (χ0n) is 11.4. The number of nitrogens with one attached hydrogen (secondary N) is 1. The van der Waals surface area contributed by atoms with Gasteiger partial charge in [-0.3, -0.25) is 4.79 Å². The van der Waals surface area contributed by atoms with Crippen molar-refractivity contribution >= 4 is 37.4 Å². The molecule has 1 atom stereocenters. The first kappa shape index (κ1) is 14.5. The van der Waals surface area contributed by atoms with Crippen LogP contribution in [-0.4, -0.2) is 25.0 Å². The average Bonchev–Trinajstić information content (AvgIpc) is 3.04. The number of carboxylic acids is 1. The summed E-state index contributed by atoms with van der Waals surface area (Å²) in [5.74, 6) is -1.71. The van der Waals surface area contributed by atoms with E-state index in [0.717, 1.165) is 10.1 Å². The zero-order valence-corrected chi connectivity index (χ0v) is 13.0. The molecule has 1 fully saturated rings. The number of sulfonamides is 1. The molecule has 1 saturated carbocycles. The second kappa shape index (κ2) is 4.79. The number of fused-ring (bicyclic) bond motifs is 1. The molecule has 1 aliphatic carbocycles. The molecule has 1 aromatic heterocycles. The molecular weight excluding hydrogens is 310 g/mol. The third-order valence-corrected chi connectivity index (χ3v) is 7.14. The maximum absolute atomic E-state index is 12.5. The lowest BCUT2D eigenvalue weighted by Gasteiger charge is -2.20. The summed E-state index contributed by atoms with van der Waals surface area (Å²) in [4.78, 5) is 11.1. The van der Waals surface area contributed by atoms with E-state index in [1.165, 1.54) is 11.3 Å². The van der Waals surface area contributed by atoms with Crippen molar-refractivity contribution in [2.45, 2.75) is 29.5 Å². The fourth-order valence-corrected chi connectivity index (χ4v) is 5.33. The summed E-state index contributed by atoms with van der Waals surface area (Å²) < 4.78 is 28.7. The molecule has 2 N–H and O–H groups in total. The van der Waals surface area contributed by atoms with Gasteiger partial charge in [-0.2, -0.15) is 0 Å². The molecule has 1 heterocycles. The summed E-state index contributed by atoms with van der Waals surface area (Å²) >= 11 is 1.19. The van der Waals surface area contributed by atoms with Crippen LogP contribution in [0.2, 0.25) is 0 Å². The first-order chi connectivity index (χ1) is 9.84. The number of benzene rings is 1. The van der Waals surface area contributed by atoms with Gasteiger partial charge < -0.3 is 5.11 Å². The number of thiophene rings is 1. The predicted molar refractivity (Wildman–Crippen MR) is 80.9 cm³/mol. The van der Waals surface area contributed by atoms with Crippen LogP contribution in [0.25, 0.3) is 10.1 Å². The molecule has 5 nitrogen and oxygen atoms in total. The van der Waals surface area contributed by atoms with Crippen LogP contribution < -0.4 is 4.72 Å². The second-order valence-electron chi connectivity index (χ2n) is 5.42. The normalized spacial score (nSPS) is 18.5. The Morgan fingerprint density at radius 1 is 1.38 bits per heavy atom. The quantitative estimate of drug-likeness (QED) is 0.884. The molecule has 0 spiro atoms. The van der Waals surface area contributed by atoms with Gasteiger partial charge in [0.25, 0.3) is 10.0 Å². The molecule has 2 aromatic rings. The van der Waals surface area contributed by atoms with E-state index in [1.54, 1.807) is 13.0 Å². The molecule has 21 heavy (non-hydrogen) atoms. The van der Waals surface area contributed by atoms with Crippen molar-refractivity contribution in [3.63, 3.8) is 0 Å². The lowest BCUT2D eigenvalue weighted by atomic mass is 10.0. The van der Waals surface area contributed by atoms with Gasteiger partial charge in [-0.1, -0.05) is 25.1 Å². The van der Waals surface area contributed by atoms with Gasteiger partial charge in [-0.25, -0.2) is 13.1 Å². The standard InChI is InChI=1S/C14H15NO4S2/c1-9(13(16)17)14(6-7-14)15-21(18,19)12-8-10-4-2-3-5-11(10)20-12/h2-5,8-9,15H,6-7H2,1H3,(H,16,17). The van der Waals surface area contributed by atoms with E-state index in [9.17, 15) is 13.2 Å². The maximum Gasteiger partial charge on any atom is 0.308 e. The largest absolute Gasteiger partial charge is 0.481 e. The van der Waals surface area contributed by atoms with Crippen LogP contribution in [0.15, 0.2) is 34.5 Å². The Morgan fingerprint density at radius 2 is 2.05 bits per heavy atom. The van der Waals surface area contributed by atoms with Gasteiger partial charge in [0.05, 0.1) is 5.92 Å². The molecule has 3 rings (SSSR count). The van der Waals surface area contributed by atoms with E-state index in [4.69, 9.17) is 5.11 Å². The van der Waals surface area contributed by atoms with Gasteiger partial charge in [-0.05, 0) is 30.4 Å². The van der Waals surface area contributed by atoms with E-state index < -0.39 is 27.4 Å². The van der Waals surface area contributed by atoms with Crippen LogP contribution in [0.5, 0.6) is 0 Å². The molecule has 0 amide bonds. The Morgan fingerprint density at radius 3 is 2.62 bits per heavy atom. The molecule has 1 unspecified atom stereocenters. The highest BCUT2D eigenvalue weighted by molar-refractivity contribution is 7.91. The minimum absolute atomic E-state index is 0.229. The van der Waals surface area contributed by atoms with Gasteiger partial charge in [0.2, 0.25) is 0 Å². The highest BCUT2D eigenvalue weighted by atomic mass is 32.2. The molecule has 1 aromatic carbocycles. The van der Waals surface area contributed by atoms with E-state index >= 15 is 0 Å². The molecular formula is C14H15NO4S2. The highest BCUT2D eigenvalue weighted by Crippen LogP contribution is 2.44. The highest BCUT2D eigenvalue weighted by Gasteiger charge is 2.53. The zero-order chi connectivity index (χ0) is 15.3. The van der Waals surface area contributed by atoms with Crippen LogP contribution in [-0.2, 0) is 14.8 Å². The van der Waals surface area contributed by atoms with Crippen LogP contribution >= 0.6 is 11.3 Å². The van der Waals surface area contributed by atoms with Crippen molar-refractivity contribution < 1.29 is 18.3 Å². The Labute approximate surface area is 126 Å². The van der Waals surface area contributed by atoms with Crippen molar-refractivity contribution in [3.8, 4) is 0 Å². The fourth-order valence-electron chi connectivity index (χ4n) is 2.40. The average molecular weight is 325 g/mol. The maximum atomic E-state index is 12.5. The summed E-state index contributed by atoms with van der Waals surface area (Å²) in [5.41, 5.74) is -0.832. The summed E-state index contributed by atoms with van der Waals surface area (Å²) in [5, 5.41) is 9.98. The number of hydrogen-bond donors (Lipinski definition) is 2. The predicted octanol–water partition coefficient (Wildman–Crippen LogP) is 2.43. The third kappa shape index (κ3) is 2.56. The molecule has 0 saturated heterocycles. The van der Waals surface area contributed by atoms with Crippen molar-refractivity contribution in [2.24, 2.45) is 5.92 Å². The number of carbonyl (C=O) groups is 1. The first-order valence-corrected chi connectivity index (χ1v) is 8.89. The lowest BCUT2D eigenvalue weighted by Crippen LogP contribution is -2.44. The van der Waals surface area contributed by atoms with Gasteiger partial charge in [-0.15, -0.1) is 11.3 Å². The van der Waals surface area contributed by atoms with Crippen LogP contribution in [0, 0.1) is 5.92 Å². The number of hydrogen-bond acceptors (Lipinski definition) is 4. The SMILES string of the molecule is CC(C(=O)O)C1(NS(=O)(=O)c2cc3ccccc3s2)CC1. The second-order valence-corrected chi connectivity index (χ2v) is 8.42. The Bertz CT molecular complexity index is 772. The van der Waals surface area contributed by atoms with Crippen LogP contribution in [0.1, 0.15) is 19.8 Å². The number of rotatable bonds is 5. The summed E-state index contributed by atoms with van der Waals surface area (Å²) in [6.45, 7) is 1.54. The Hall–Kier alpha value is -1.44. The van der Waals surface area contributed by atoms with Gasteiger partial charge in [0, 0.05) is 10.2 Å². The van der Waals surface area contributed by atoms with Crippen LogP contribution in [0.4, 0.5) is 0 Å². The van der Waals surface area contributed by atoms with Gasteiger partial charge in [0.15, 0.2) is 0 Å². The van der Waals surface area contributed by atoms with Crippen molar-refractivity contribution in [1.29, 1.82) is 0 Å². The van der Waals surface area contributed by atoms with Gasteiger partial charge in [0.1, 0.15) is 4.21 Å². The molecule has 0 radical (unpaired) electrons. The Balaban J connectivity index is 1.92. The topological polar surface area (TPSA) is 83.5 Å². The fraction of sp³-hybridized carbons (Fsp3) is 0.357. The molecule has 7 heteroatoms. The number of carboxylic acid groups (broad SMARTS) is 1. The Kier molecular flexibility index (Phi) is 3.31. The minimum atomic E-state index is -3.69. The molecule has 112 valence electrons. The van der Waals surface area contributed by atoms with Crippen LogP contribution in [0.3, 0.4) is 0 Å².